The van der Waals surface area contributed by atoms with E-state index in [4.69, 9.17) is 19.5 Å². The molecule has 2 aromatic heterocycles. The molecule has 0 spiro atoms. The molecule has 3 aromatic rings. The van der Waals surface area contributed by atoms with E-state index in [1.165, 1.54) is 10.6 Å². The summed E-state index contributed by atoms with van der Waals surface area (Å²) in [7, 11) is 1.73. The highest BCUT2D eigenvalue weighted by atomic mass is 32.2. The van der Waals surface area contributed by atoms with E-state index in [1.807, 2.05) is 13.1 Å². The Labute approximate surface area is 346 Å². The van der Waals surface area contributed by atoms with E-state index in [9.17, 15) is 14.4 Å². The Balaban J connectivity index is 1.26. The molecule has 312 valence electrons. The van der Waals surface area contributed by atoms with Crippen molar-refractivity contribution in [3.05, 3.63) is 47.3 Å². The number of fused-ring (bicyclic) bond motifs is 5. The molecule has 2 amide bonds. The number of anilines is 1. The van der Waals surface area contributed by atoms with Crippen LogP contribution in [0, 0.1) is 17.3 Å². The van der Waals surface area contributed by atoms with E-state index in [2.05, 4.69) is 84.4 Å². The molecule has 4 aliphatic heterocycles. The van der Waals surface area contributed by atoms with Gasteiger partial charge in [0.05, 0.1) is 47.1 Å². The number of aliphatic imine (C=N–C) groups is 1. The number of rotatable bonds is 7. The first kappa shape index (κ1) is 40.8. The second-order valence-corrected chi connectivity index (χ2v) is 19.1. The molecule has 14 heteroatoms. The van der Waals surface area contributed by atoms with E-state index >= 15 is 0 Å². The van der Waals surface area contributed by atoms with Gasteiger partial charge < -0.3 is 29.6 Å². The minimum absolute atomic E-state index is 0.0833. The fourth-order valence-electron chi connectivity index (χ4n) is 9.15. The van der Waals surface area contributed by atoms with Crippen molar-refractivity contribution in [2.45, 2.75) is 104 Å². The second kappa shape index (κ2) is 16.2. The van der Waals surface area contributed by atoms with Gasteiger partial charge in [-0.3, -0.25) is 24.6 Å². The molecule has 1 unspecified atom stereocenters. The van der Waals surface area contributed by atoms with Crippen molar-refractivity contribution in [2.24, 2.45) is 22.2 Å². The zero-order valence-electron chi connectivity index (χ0n) is 35.2. The molecule has 1 aromatic carbocycles. The third kappa shape index (κ3) is 8.01. The first-order chi connectivity index (χ1) is 27.8. The topological polar surface area (TPSA) is 142 Å². The number of hydrazine groups is 1. The maximum atomic E-state index is 14.3. The van der Waals surface area contributed by atoms with Crippen LogP contribution in [0.2, 0.25) is 0 Å². The van der Waals surface area contributed by atoms with E-state index in [1.54, 1.807) is 18.9 Å². The second-order valence-electron chi connectivity index (χ2n) is 18.0. The highest BCUT2D eigenvalue weighted by molar-refractivity contribution is 8.14. The Morgan fingerprint density at radius 1 is 1.16 bits per heavy atom. The number of benzene rings is 1. The molecule has 3 fully saturated rings. The normalized spacial score (nSPS) is 28.2. The number of aryl methyl sites for hydroxylation is 1. The monoisotopic (exact) mass is 812 g/mol. The number of pyridine rings is 1. The number of carbonyl (C=O) groups is 3. The summed E-state index contributed by atoms with van der Waals surface area (Å²) in [5.74, 6) is 0.211. The van der Waals surface area contributed by atoms with Crippen LogP contribution in [0.3, 0.4) is 0 Å². The van der Waals surface area contributed by atoms with Crippen LogP contribution in [0.25, 0.3) is 22.2 Å². The van der Waals surface area contributed by atoms with Gasteiger partial charge in [-0.1, -0.05) is 26.8 Å². The summed E-state index contributed by atoms with van der Waals surface area (Å²) in [5.41, 5.74) is 9.20. The van der Waals surface area contributed by atoms with Crippen LogP contribution >= 0.6 is 11.8 Å². The number of nitrogens with zero attached hydrogens (tertiary/aromatic N) is 5. The van der Waals surface area contributed by atoms with Gasteiger partial charge in [-0.05, 0) is 81.7 Å². The van der Waals surface area contributed by atoms with Crippen molar-refractivity contribution in [3.8, 4) is 11.3 Å². The molecule has 0 radical (unpaired) electrons. The zero-order valence-corrected chi connectivity index (χ0v) is 36.0. The Bertz CT molecular complexity index is 2110. The number of cyclic esters (lactones) is 1. The lowest BCUT2D eigenvalue weighted by molar-refractivity contribution is -0.162. The van der Waals surface area contributed by atoms with Gasteiger partial charge in [0.25, 0.3) is 5.91 Å². The van der Waals surface area contributed by atoms with Crippen molar-refractivity contribution in [2.75, 3.05) is 57.1 Å². The molecule has 3 N–H and O–H groups in total. The van der Waals surface area contributed by atoms with Crippen LogP contribution in [-0.4, -0.2) is 101 Å². The van der Waals surface area contributed by atoms with Crippen LogP contribution in [0.4, 0.5) is 5.69 Å². The number of piperazine rings is 1. The van der Waals surface area contributed by atoms with Crippen LogP contribution in [0.1, 0.15) is 96.2 Å². The maximum Gasteiger partial charge on any atom is 0.327 e. The Hall–Kier alpha value is -3.98. The summed E-state index contributed by atoms with van der Waals surface area (Å²) >= 11 is 1.65. The smallest absolute Gasteiger partial charge is 0.327 e. The number of hydrogen-bond acceptors (Lipinski definition) is 11. The molecule has 58 heavy (non-hydrogen) atoms. The molecule has 1 saturated carbocycles. The quantitative estimate of drug-likeness (QED) is 0.260. The van der Waals surface area contributed by atoms with E-state index in [0.29, 0.717) is 38.1 Å². The van der Waals surface area contributed by atoms with Crippen molar-refractivity contribution in [1.82, 2.24) is 30.6 Å². The molecule has 8 rings (SSSR count). The van der Waals surface area contributed by atoms with Crippen molar-refractivity contribution in [3.63, 3.8) is 0 Å². The van der Waals surface area contributed by atoms with Gasteiger partial charge in [0, 0.05) is 86.4 Å². The number of methoxy groups -OCH3 is 1. The lowest BCUT2D eigenvalue weighted by Crippen LogP contribution is -2.65. The van der Waals surface area contributed by atoms with Crippen molar-refractivity contribution < 1.29 is 23.9 Å². The lowest BCUT2D eigenvalue weighted by Gasteiger charge is -2.41. The highest BCUT2D eigenvalue weighted by Gasteiger charge is 2.45. The average Bonchev–Trinajstić information content (AvgIpc) is 3.65. The molecule has 13 nitrogen and oxygen atoms in total. The number of hydrogen-bond donors (Lipinski definition) is 3. The van der Waals surface area contributed by atoms with Gasteiger partial charge in [0.1, 0.15) is 11.6 Å². The third-order valence-corrected chi connectivity index (χ3v) is 13.9. The zero-order chi connectivity index (χ0) is 40.9. The predicted molar refractivity (Wildman–Crippen MR) is 229 cm³/mol. The standard InChI is InChI=1S/C44H60N8O5S/c1-8-51-36-11-10-28-19-31(36)33(39(51)32-20-29(50-16-13-45-14-17-50)23-46-38(32)27(3)56-7)22-43(4,5)25-57-42(55)44(6)12-9-15-52(49-44)41(54)34(21-37-47-35(28)24-58-37)48-40(53)30-18-26(30)2/h10-11,19-20,23,26-27,30,34-35,45,49H,8-9,12-18,21-22,24-25H2,1-7H3,(H,48,53)/t26-,27-,30-,34-,35?,44+/m0/s1. The number of thioether (sulfide) groups is 1. The summed E-state index contributed by atoms with van der Waals surface area (Å²) in [4.78, 5) is 54.4. The SMILES string of the molecule is CCn1c(-c2cc(N3CCNCC3)cnc2[C@H](C)OC)c2c3cc(ccc31)C1CSC(=N1)C[C@H](NC(=O)[C@H]1C[C@@H]1C)C(=O)N1CCC[C@@](C)(N1)C(=O)OCC(C)(C)C2. The fourth-order valence-corrected chi connectivity index (χ4v) is 10.3. The number of amides is 2. The van der Waals surface area contributed by atoms with E-state index in [-0.39, 0.29) is 36.5 Å². The molecule has 6 bridgehead atoms. The molecule has 6 atom stereocenters. The fraction of sp³-hybridized carbons (Fsp3) is 0.614. The summed E-state index contributed by atoms with van der Waals surface area (Å²) < 4.78 is 14.6. The number of carbonyl (C=O) groups excluding carboxylic acids is 3. The average molecular weight is 813 g/mol. The van der Waals surface area contributed by atoms with Gasteiger partial charge in [-0.2, -0.15) is 0 Å². The van der Waals surface area contributed by atoms with Crippen molar-refractivity contribution in [1.29, 1.82) is 0 Å². The predicted octanol–water partition coefficient (Wildman–Crippen LogP) is 5.57. The molecule has 2 saturated heterocycles. The first-order valence-corrected chi connectivity index (χ1v) is 22.2. The molecular weight excluding hydrogens is 753 g/mol. The van der Waals surface area contributed by atoms with Gasteiger partial charge in [-0.25, -0.2) is 10.2 Å². The first-order valence-electron chi connectivity index (χ1n) is 21.2. The number of ether oxygens (including phenoxy) is 2. The largest absolute Gasteiger partial charge is 0.464 e. The molecule has 5 aliphatic rings. The van der Waals surface area contributed by atoms with Gasteiger partial charge in [0.15, 0.2) is 0 Å². The number of esters is 1. The van der Waals surface area contributed by atoms with Crippen LogP contribution in [0.5, 0.6) is 0 Å². The summed E-state index contributed by atoms with van der Waals surface area (Å²) in [6.07, 6.45) is 4.63. The van der Waals surface area contributed by atoms with Crippen LogP contribution in [-0.2, 0) is 36.8 Å². The number of aromatic nitrogens is 2. The summed E-state index contributed by atoms with van der Waals surface area (Å²) in [5, 5.41) is 10.1. The minimum atomic E-state index is -1.11. The lowest BCUT2D eigenvalue weighted by atomic mass is 9.84. The Morgan fingerprint density at radius 2 is 1.93 bits per heavy atom. The maximum absolute atomic E-state index is 14.3. The van der Waals surface area contributed by atoms with Crippen molar-refractivity contribution >= 4 is 51.2 Å². The summed E-state index contributed by atoms with van der Waals surface area (Å²) in [6, 6.07) is 8.10. The third-order valence-electron chi connectivity index (χ3n) is 12.8. The Morgan fingerprint density at radius 3 is 2.66 bits per heavy atom. The Kier molecular flexibility index (Phi) is 11.4. The van der Waals surface area contributed by atoms with Gasteiger partial charge in [0.2, 0.25) is 5.91 Å². The molecule has 6 heterocycles. The number of nitrogens with one attached hydrogen (secondary N) is 3. The molecule has 1 aliphatic carbocycles. The van der Waals surface area contributed by atoms with E-state index < -0.39 is 23.0 Å². The van der Waals surface area contributed by atoms with Crippen LogP contribution in [0.15, 0.2) is 35.5 Å². The van der Waals surface area contributed by atoms with E-state index in [0.717, 1.165) is 89.0 Å². The summed E-state index contributed by atoms with van der Waals surface area (Å²) in [6.45, 7) is 17.4. The minimum Gasteiger partial charge on any atom is -0.464 e. The highest BCUT2D eigenvalue weighted by Crippen LogP contribution is 2.44. The van der Waals surface area contributed by atoms with Crippen LogP contribution < -0.4 is 21.0 Å². The molecular formula is C44H60N8O5S. The van der Waals surface area contributed by atoms with Gasteiger partial charge in [-0.15, -0.1) is 11.8 Å². The van der Waals surface area contributed by atoms with Gasteiger partial charge >= 0.3 is 5.97 Å².